The van der Waals surface area contributed by atoms with Gasteiger partial charge in [-0.15, -0.1) is 0 Å². The Morgan fingerprint density at radius 3 is 2.50 bits per heavy atom. The molecule has 1 fully saturated rings. The van der Waals surface area contributed by atoms with Crippen LogP contribution in [0, 0.1) is 0 Å². The Kier molecular flexibility index (Phi) is 2.46. The van der Waals surface area contributed by atoms with Crippen molar-refractivity contribution in [3.63, 3.8) is 0 Å². The van der Waals surface area contributed by atoms with Crippen LogP contribution in [-0.2, 0) is 9.84 Å². The first kappa shape index (κ1) is 9.52. The third-order valence-electron chi connectivity index (χ3n) is 2.38. The molecule has 1 aliphatic heterocycles. The Labute approximate surface area is 84.1 Å². The molecule has 0 saturated carbocycles. The second-order valence-corrected chi connectivity index (χ2v) is 5.84. The third-order valence-corrected chi connectivity index (χ3v) is 4.14. The Bertz CT molecular complexity index is 399. The molecule has 14 heavy (non-hydrogen) atoms. The molecule has 1 aromatic rings. The summed E-state index contributed by atoms with van der Waals surface area (Å²) in [5.74, 6) is 0.583. The Hall–Kier alpha value is -1.03. The number of para-hydroxylation sites is 1. The molecule has 0 unspecified atom stereocenters. The zero-order valence-corrected chi connectivity index (χ0v) is 8.63. The van der Waals surface area contributed by atoms with Crippen molar-refractivity contribution >= 4 is 15.5 Å². The maximum Gasteiger partial charge on any atom is 0.152 e. The van der Waals surface area contributed by atoms with Gasteiger partial charge in [-0.3, -0.25) is 0 Å². The minimum absolute atomic E-state index is 0.0856. The Morgan fingerprint density at radius 1 is 1.21 bits per heavy atom. The first-order valence-electron chi connectivity index (χ1n) is 4.68. The van der Waals surface area contributed by atoms with Gasteiger partial charge < -0.3 is 5.32 Å². The van der Waals surface area contributed by atoms with Crippen molar-refractivity contribution in [3.05, 3.63) is 30.3 Å². The number of sulfone groups is 1. The van der Waals surface area contributed by atoms with E-state index in [2.05, 4.69) is 5.32 Å². The summed E-state index contributed by atoms with van der Waals surface area (Å²) in [5.41, 5.74) is 0.995. The van der Waals surface area contributed by atoms with Gasteiger partial charge in [0, 0.05) is 11.7 Å². The van der Waals surface area contributed by atoms with Gasteiger partial charge >= 0.3 is 0 Å². The smallest absolute Gasteiger partial charge is 0.152 e. The van der Waals surface area contributed by atoms with E-state index >= 15 is 0 Å². The molecule has 1 aliphatic rings. The number of nitrogens with one attached hydrogen (secondary N) is 1. The summed E-state index contributed by atoms with van der Waals surface area (Å²) in [6.07, 6.45) is 0.719. The van der Waals surface area contributed by atoms with Crippen LogP contribution in [0.1, 0.15) is 6.42 Å². The number of hydrogen-bond acceptors (Lipinski definition) is 3. The van der Waals surface area contributed by atoms with Gasteiger partial charge in [0.05, 0.1) is 11.5 Å². The molecule has 2 rings (SSSR count). The third kappa shape index (κ3) is 2.26. The highest BCUT2D eigenvalue weighted by Crippen LogP contribution is 2.16. The summed E-state index contributed by atoms with van der Waals surface area (Å²) in [5, 5.41) is 3.22. The van der Waals surface area contributed by atoms with Crippen LogP contribution in [0.5, 0.6) is 0 Å². The molecule has 76 valence electrons. The van der Waals surface area contributed by atoms with Crippen molar-refractivity contribution in [3.8, 4) is 0 Å². The molecule has 0 spiro atoms. The highest BCUT2D eigenvalue weighted by molar-refractivity contribution is 7.91. The van der Waals surface area contributed by atoms with Gasteiger partial charge in [0.15, 0.2) is 9.84 Å². The van der Waals surface area contributed by atoms with Crippen LogP contribution in [0.2, 0.25) is 0 Å². The van der Waals surface area contributed by atoms with Gasteiger partial charge in [-0.1, -0.05) is 18.2 Å². The first-order valence-corrected chi connectivity index (χ1v) is 6.50. The van der Waals surface area contributed by atoms with Crippen molar-refractivity contribution in [2.75, 3.05) is 16.8 Å². The van der Waals surface area contributed by atoms with E-state index in [-0.39, 0.29) is 11.8 Å². The predicted molar refractivity (Wildman–Crippen MR) is 57.1 cm³/mol. The number of anilines is 1. The van der Waals surface area contributed by atoms with Crippen molar-refractivity contribution in [1.82, 2.24) is 0 Å². The second kappa shape index (κ2) is 3.61. The lowest BCUT2D eigenvalue weighted by molar-refractivity contribution is 0.602. The standard InChI is InChI=1S/C10H13NO2S/c12-14(13)7-6-10(8-14)11-9-4-2-1-3-5-9/h1-5,10-11H,6-8H2/t10-/m1/s1. The molecule has 0 bridgehead atoms. The van der Waals surface area contributed by atoms with E-state index in [1.165, 1.54) is 0 Å². The summed E-state index contributed by atoms with van der Waals surface area (Å²) in [6.45, 7) is 0. The van der Waals surface area contributed by atoms with E-state index in [9.17, 15) is 8.42 Å². The van der Waals surface area contributed by atoms with E-state index in [0.717, 1.165) is 12.1 Å². The average molecular weight is 211 g/mol. The summed E-state index contributed by atoms with van der Waals surface area (Å²) >= 11 is 0. The van der Waals surface area contributed by atoms with E-state index in [4.69, 9.17) is 0 Å². The largest absolute Gasteiger partial charge is 0.381 e. The van der Waals surface area contributed by atoms with Crippen LogP contribution in [0.15, 0.2) is 30.3 Å². The second-order valence-electron chi connectivity index (χ2n) is 3.61. The lowest BCUT2D eigenvalue weighted by atomic mass is 10.2. The monoisotopic (exact) mass is 211 g/mol. The predicted octanol–water partition coefficient (Wildman–Crippen LogP) is 1.29. The summed E-state index contributed by atoms with van der Waals surface area (Å²) in [7, 11) is -2.78. The first-order chi connectivity index (χ1) is 6.66. The minimum atomic E-state index is -2.78. The molecule has 1 saturated heterocycles. The maximum atomic E-state index is 11.2. The average Bonchev–Trinajstić information content (AvgIpc) is 2.47. The maximum absolute atomic E-state index is 11.2. The quantitative estimate of drug-likeness (QED) is 0.801. The topological polar surface area (TPSA) is 46.2 Å². The fourth-order valence-electron chi connectivity index (χ4n) is 1.68. The molecule has 3 nitrogen and oxygen atoms in total. The number of hydrogen-bond donors (Lipinski definition) is 1. The molecule has 4 heteroatoms. The number of rotatable bonds is 2. The van der Waals surface area contributed by atoms with Crippen molar-refractivity contribution < 1.29 is 8.42 Å². The summed E-state index contributed by atoms with van der Waals surface area (Å²) < 4.78 is 22.4. The minimum Gasteiger partial charge on any atom is -0.381 e. The van der Waals surface area contributed by atoms with Crippen LogP contribution in [0.4, 0.5) is 5.69 Å². The molecule has 0 radical (unpaired) electrons. The Balaban J connectivity index is 2.01. The van der Waals surface area contributed by atoms with Crippen molar-refractivity contribution in [2.45, 2.75) is 12.5 Å². The SMILES string of the molecule is O=S1(=O)CC[C@@H](Nc2ccccc2)C1. The summed E-state index contributed by atoms with van der Waals surface area (Å²) in [4.78, 5) is 0. The van der Waals surface area contributed by atoms with E-state index in [0.29, 0.717) is 5.75 Å². The van der Waals surface area contributed by atoms with E-state index in [1.54, 1.807) is 0 Å². The van der Waals surface area contributed by atoms with Crippen LogP contribution in [-0.4, -0.2) is 26.0 Å². The molecule has 0 aliphatic carbocycles. The van der Waals surface area contributed by atoms with E-state index < -0.39 is 9.84 Å². The van der Waals surface area contributed by atoms with Gasteiger partial charge in [0.1, 0.15) is 0 Å². The van der Waals surface area contributed by atoms with Gasteiger partial charge in [0.2, 0.25) is 0 Å². The van der Waals surface area contributed by atoms with Crippen molar-refractivity contribution in [1.29, 1.82) is 0 Å². The van der Waals surface area contributed by atoms with Gasteiger partial charge in [-0.05, 0) is 18.6 Å². The lowest BCUT2D eigenvalue weighted by Crippen LogP contribution is -2.20. The highest BCUT2D eigenvalue weighted by Gasteiger charge is 2.27. The zero-order chi connectivity index (χ0) is 10.0. The fourth-order valence-corrected chi connectivity index (χ4v) is 3.35. The lowest BCUT2D eigenvalue weighted by Gasteiger charge is -2.11. The normalized spacial score (nSPS) is 24.7. The summed E-state index contributed by atoms with van der Waals surface area (Å²) in [6, 6.07) is 9.80. The molecular weight excluding hydrogens is 198 g/mol. The van der Waals surface area contributed by atoms with Gasteiger partial charge in [-0.2, -0.15) is 0 Å². The van der Waals surface area contributed by atoms with E-state index in [1.807, 2.05) is 30.3 Å². The highest BCUT2D eigenvalue weighted by atomic mass is 32.2. The number of benzene rings is 1. The molecule has 0 amide bonds. The van der Waals surface area contributed by atoms with Crippen molar-refractivity contribution in [2.24, 2.45) is 0 Å². The van der Waals surface area contributed by atoms with Crippen LogP contribution >= 0.6 is 0 Å². The zero-order valence-electron chi connectivity index (χ0n) is 7.81. The van der Waals surface area contributed by atoms with Crippen LogP contribution in [0.25, 0.3) is 0 Å². The molecular formula is C10H13NO2S. The Morgan fingerprint density at radius 2 is 1.93 bits per heavy atom. The molecule has 1 heterocycles. The molecule has 1 aromatic carbocycles. The van der Waals surface area contributed by atoms with Crippen LogP contribution < -0.4 is 5.32 Å². The molecule has 1 N–H and O–H groups in total. The van der Waals surface area contributed by atoms with Crippen LogP contribution in [0.3, 0.4) is 0 Å². The van der Waals surface area contributed by atoms with Gasteiger partial charge in [-0.25, -0.2) is 8.42 Å². The van der Waals surface area contributed by atoms with Gasteiger partial charge in [0.25, 0.3) is 0 Å². The molecule has 0 aromatic heterocycles. The molecule has 1 atom stereocenters. The fraction of sp³-hybridized carbons (Fsp3) is 0.400.